The first-order chi connectivity index (χ1) is 7.37. The van der Waals surface area contributed by atoms with Gasteiger partial charge in [0.15, 0.2) is 0 Å². The number of hydrogen-bond acceptors (Lipinski definition) is 5. The molecule has 17 heavy (non-hydrogen) atoms. The molecular formula is C8H18BrNO6S. The van der Waals surface area contributed by atoms with Gasteiger partial charge in [-0.2, -0.15) is 8.42 Å². The van der Waals surface area contributed by atoms with E-state index in [1.54, 1.807) is 0 Å². The Morgan fingerprint density at radius 1 is 1.41 bits per heavy atom. The van der Waals surface area contributed by atoms with E-state index in [2.05, 4.69) is 15.9 Å². The predicted octanol–water partition coefficient (Wildman–Crippen LogP) is 0.788. The zero-order valence-electron chi connectivity index (χ0n) is 9.88. The number of hydrogen-bond donors (Lipinski definition) is 3. The van der Waals surface area contributed by atoms with Crippen LogP contribution in [0.2, 0.25) is 0 Å². The molecule has 0 saturated carbocycles. The highest BCUT2D eigenvalue weighted by Gasteiger charge is 2.21. The van der Waals surface area contributed by atoms with Crippen LogP contribution in [-0.2, 0) is 19.9 Å². The van der Waals surface area contributed by atoms with Crippen molar-refractivity contribution in [3.05, 3.63) is 0 Å². The average molecular weight is 336 g/mol. The minimum atomic E-state index is -4.67. The lowest BCUT2D eigenvalue weighted by Crippen LogP contribution is -2.37. The van der Waals surface area contributed by atoms with Crippen LogP contribution in [0, 0.1) is 0 Å². The van der Waals surface area contributed by atoms with Crippen molar-refractivity contribution in [2.75, 3.05) is 5.33 Å². The van der Waals surface area contributed by atoms with Gasteiger partial charge in [-0.15, -0.1) is 0 Å². The number of esters is 1. The van der Waals surface area contributed by atoms with E-state index in [9.17, 15) is 4.79 Å². The van der Waals surface area contributed by atoms with Crippen molar-refractivity contribution in [3.8, 4) is 0 Å². The lowest BCUT2D eigenvalue weighted by atomic mass is 10.2. The SMILES string of the molecule is CC(C)(C)OC(=O)C(N)CCBr.O=S(=O)(O)O. The normalized spacial score (nSPS) is 13.4. The zero-order valence-corrected chi connectivity index (χ0v) is 12.3. The number of alkyl halides is 1. The molecule has 0 radical (unpaired) electrons. The molecule has 0 bridgehead atoms. The summed E-state index contributed by atoms with van der Waals surface area (Å²) in [5.74, 6) is -0.332. The van der Waals surface area contributed by atoms with Gasteiger partial charge in [-0.05, 0) is 27.2 Å². The first kappa shape index (κ1) is 19.1. The summed E-state index contributed by atoms with van der Waals surface area (Å²) in [5.41, 5.74) is 5.09. The van der Waals surface area contributed by atoms with E-state index in [-0.39, 0.29) is 5.97 Å². The summed E-state index contributed by atoms with van der Waals surface area (Å²) in [6.07, 6.45) is 0.606. The van der Waals surface area contributed by atoms with Gasteiger partial charge >= 0.3 is 16.4 Å². The molecule has 4 N–H and O–H groups in total. The Bertz CT molecular complexity index is 315. The van der Waals surface area contributed by atoms with Crippen LogP contribution in [0.3, 0.4) is 0 Å². The summed E-state index contributed by atoms with van der Waals surface area (Å²) in [6, 6.07) is -0.511. The van der Waals surface area contributed by atoms with Gasteiger partial charge in [-0.1, -0.05) is 15.9 Å². The summed E-state index contributed by atoms with van der Waals surface area (Å²) in [6.45, 7) is 5.48. The van der Waals surface area contributed by atoms with Crippen molar-refractivity contribution in [1.29, 1.82) is 0 Å². The number of carbonyl (C=O) groups is 1. The van der Waals surface area contributed by atoms with Crippen molar-refractivity contribution in [2.24, 2.45) is 5.73 Å². The molecule has 0 heterocycles. The van der Waals surface area contributed by atoms with E-state index in [1.807, 2.05) is 20.8 Å². The minimum absolute atomic E-state index is 0.332. The number of carbonyl (C=O) groups excluding carboxylic acids is 1. The van der Waals surface area contributed by atoms with Gasteiger partial charge in [-0.25, -0.2) is 0 Å². The molecule has 0 spiro atoms. The van der Waals surface area contributed by atoms with Gasteiger partial charge in [0.2, 0.25) is 0 Å². The van der Waals surface area contributed by atoms with E-state index in [1.165, 1.54) is 0 Å². The number of rotatable bonds is 3. The second-order valence-electron chi connectivity index (χ2n) is 4.07. The highest BCUT2D eigenvalue weighted by molar-refractivity contribution is 9.09. The monoisotopic (exact) mass is 335 g/mol. The second-order valence-corrected chi connectivity index (χ2v) is 5.75. The van der Waals surface area contributed by atoms with E-state index < -0.39 is 22.0 Å². The van der Waals surface area contributed by atoms with E-state index >= 15 is 0 Å². The van der Waals surface area contributed by atoms with Crippen molar-refractivity contribution in [2.45, 2.75) is 38.8 Å². The number of halogens is 1. The Balaban J connectivity index is 0. The van der Waals surface area contributed by atoms with Crippen LogP contribution in [0.15, 0.2) is 0 Å². The molecule has 7 nitrogen and oxygen atoms in total. The fourth-order valence-corrected chi connectivity index (χ4v) is 1.11. The molecule has 9 heteroatoms. The van der Waals surface area contributed by atoms with E-state index in [4.69, 9.17) is 28.0 Å². The van der Waals surface area contributed by atoms with Crippen molar-refractivity contribution < 1.29 is 27.1 Å². The lowest BCUT2D eigenvalue weighted by Gasteiger charge is -2.21. The molecule has 0 aromatic heterocycles. The number of ether oxygens (including phenoxy) is 1. The van der Waals surface area contributed by atoms with Gasteiger partial charge in [0.1, 0.15) is 11.6 Å². The van der Waals surface area contributed by atoms with Crippen LogP contribution in [0.4, 0.5) is 0 Å². The smallest absolute Gasteiger partial charge is 0.394 e. The van der Waals surface area contributed by atoms with Gasteiger partial charge in [0, 0.05) is 5.33 Å². The predicted molar refractivity (Wildman–Crippen MR) is 66.4 cm³/mol. The molecule has 0 aliphatic carbocycles. The van der Waals surface area contributed by atoms with Crippen LogP contribution in [0.5, 0.6) is 0 Å². The van der Waals surface area contributed by atoms with Crippen LogP contribution in [-0.4, -0.2) is 40.5 Å². The molecule has 0 aromatic rings. The summed E-state index contributed by atoms with van der Waals surface area (Å²) in [5, 5.41) is 0.716. The minimum Gasteiger partial charge on any atom is -0.459 e. The molecule has 0 aromatic carbocycles. The molecule has 0 aliphatic heterocycles. The highest BCUT2D eigenvalue weighted by Crippen LogP contribution is 2.09. The lowest BCUT2D eigenvalue weighted by molar-refractivity contribution is -0.156. The van der Waals surface area contributed by atoms with Gasteiger partial charge in [0.25, 0.3) is 0 Å². The maximum Gasteiger partial charge on any atom is 0.394 e. The van der Waals surface area contributed by atoms with Crippen molar-refractivity contribution in [1.82, 2.24) is 0 Å². The quantitative estimate of drug-likeness (QED) is 0.395. The Kier molecular flexibility index (Phi) is 8.98. The molecular weight excluding hydrogens is 318 g/mol. The second kappa shape index (κ2) is 7.98. The number of nitrogens with two attached hydrogens (primary N) is 1. The summed E-state index contributed by atoms with van der Waals surface area (Å²) in [4.78, 5) is 11.2. The largest absolute Gasteiger partial charge is 0.459 e. The maximum atomic E-state index is 11.2. The van der Waals surface area contributed by atoms with Crippen LogP contribution in [0.25, 0.3) is 0 Å². The first-order valence-corrected chi connectivity index (χ1v) is 7.13. The third-order valence-corrected chi connectivity index (χ3v) is 1.59. The van der Waals surface area contributed by atoms with Gasteiger partial charge in [-0.3, -0.25) is 13.9 Å². The Morgan fingerprint density at radius 2 is 1.76 bits per heavy atom. The maximum absolute atomic E-state index is 11.2. The third kappa shape index (κ3) is 21.6. The Labute approximate surface area is 109 Å². The molecule has 0 saturated heterocycles. The van der Waals surface area contributed by atoms with E-state index in [0.29, 0.717) is 11.8 Å². The summed E-state index contributed by atoms with van der Waals surface area (Å²) in [7, 11) is -4.67. The first-order valence-electron chi connectivity index (χ1n) is 4.61. The fourth-order valence-electron chi connectivity index (χ4n) is 0.613. The standard InChI is InChI=1S/C8H16BrNO2.H2O4S/c1-8(2,3)12-7(11)6(10)4-5-9;1-5(2,3)4/h6H,4-5,10H2,1-3H3;(H2,1,2,3,4). The molecule has 0 amide bonds. The average Bonchev–Trinajstić information content (AvgIpc) is 1.97. The van der Waals surface area contributed by atoms with Crippen LogP contribution >= 0.6 is 15.9 Å². The molecule has 1 atom stereocenters. The molecule has 1 unspecified atom stereocenters. The van der Waals surface area contributed by atoms with Crippen molar-refractivity contribution in [3.63, 3.8) is 0 Å². The highest BCUT2D eigenvalue weighted by atomic mass is 79.9. The molecule has 0 fully saturated rings. The van der Waals surface area contributed by atoms with Gasteiger partial charge < -0.3 is 10.5 Å². The topological polar surface area (TPSA) is 127 Å². The Morgan fingerprint density at radius 3 is 2.00 bits per heavy atom. The van der Waals surface area contributed by atoms with E-state index in [0.717, 1.165) is 0 Å². The third-order valence-electron chi connectivity index (χ3n) is 1.13. The Hall–Kier alpha value is -0.220. The molecule has 104 valence electrons. The van der Waals surface area contributed by atoms with Gasteiger partial charge in [0.05, 0.1) is 0 Å². The fraction of sp³-hybridized carbons (Fsp3) is 0.875. The molecule has 0 rings (SSSR count). The molecule has 0 aliphatic rings. The summed E-state index contributed by atoms with van der Waals surface area (Å²) >= 11 is 3.21. The summed E-state index contributed by atoms with van der Waals surface area (Å²) < 4.78 is 36.7. The zero-order chi connectivity index (χ0) is 14.3. The van der Waals surface area contributed by atoms with Crippen LogP contribution in [0.1, 0.15) is 27.2 Å². The van der Waals surface area contributed by atoms with Crippen LogP contribution < -0.4 is 5.73 Å². The van der Waals surface area contributed by atoms with Crippen molar-refractivity contribution >= 4 is 32.3 Å².